The van der Waals surface area contributed by atoms with Crippen molar-refractivity contribution in [1.82, 2.24) is 15.5 Å². The maximum absolute atomic E-state index is 6.08. The van der Waals surface area contributed by atoms with Gasteiger partial charge in [0.15, 0.2) is 0 Å². The van der Waals surface area contributed by atoms with Gasteiger partial charge in [0.25, 0.3) is 0 Å². The maximum atomic E-state index is 6.08. The third-order valence-electron chi connectivity index (χ3n) is 4.84. The molecule has 4 aromatic rings. The van der Waals surface area contributed by atoms with Crippen molar-refractivity contribution in [3.8, 4) is 11.5 Å². The molecule has 2 atom stereocenters. The minimum atomic E-state index is -0.137. The van der Waals surface area contributed by atoms with Gasteiger partial charge in [0, 0.05) is 10.6 Å². The van der Waals surface area contributed by atoms with E-state index in [-0.39, 0.29) is 12.1 Å². The topological polar surface area (TPSA) is 51.0 Å². The second-order valence-corrected chi connectivity index (χ2v) is 7.53. The number of hydrogen-bond donors (Lipinski definition) is 1. The molecule has 0 saturated heterocycles. The van der Waals surface area contributed by atoms with Gasteiger partial charge in [-0.2, -0.15) is 0 Å². The van der Waals surface area contributed by atoms with E-state index in [1.54, 1.807) is 0 Å². The van der Waals surface area contributed by atoms with Crippen LogP contribution in [0.15, 0.2) is 83.3 Å². The van der Waals surface area contributed by atoms with Gasteiger partial charge < -0.3 is 4.42 Å². The standard InChI is InChI=1S/C24H22ClN3O/c1-16-11-13-19(14-12-16)22(18-7-4-3-5-8-18)26-17(2)23-27-28-24(29-23)20-9-6-10-21(25)15-20/h3-15,17,22,26H,1-2H3/t17-,22-/m0/s1. The molecule has 1 heterocycles. The van der Waals surface area contributed by atoms with Crippen LogP contribution < -0.4 is 5.32 Å². The van der Waals surface area contributed by atoms with Crippen LogP contribution in [-0.2, 0) is 0 Å². The Morgan fingerprint density at radius 1 is 0.862 bits per heavy atom. The van der Waals surface area contributed by atoms with E-state index in [9.17, 15) is 0 Å². The molecule has 1 aromatic heterocycles. The Labute approximate surface area is 175 Å². The van der Waals surface area contributed by atoms with Gasteiger partial charge in [-0.05, 0) is 43.2 Å². The molecule has 4 nitrogen and oxygen atoms in total. The van der Waals surface area contributed by atoms with E-state index in [4.69, 9.17) is 16.0 Å². The first-order valence-electron chi connectivity index (χ1n) is 9.57. The molecule has 0 unspecified atom stereocenters. The summed E-state index contributed by atoms with van der Waals surface area (Å²) < 4.78 is 5.93. The fourth-order valence-electron chi connectivity index (χ4n) is 3.26. The largest absolute Gasteiger partial charge is 0.419 e. The van der Waals surface area contributed by atoms with Gasteiger partial charge in [0.1, 0.15) is 0 Å². The first-order chi connectivity index (χ1) is 14.1. The molecule has 146 valence electrons. The van der Waals surface area contributed by atoms with Gasteiger partial charge in [-0.3, -0.25) is 5.32 Å². The molecule has 29 heavy (non-hydrogen) atoms. The Balaban J connectivity index is 1.60. The highest BCUT2D eigenvalue weighted by atomic mass is 35.5. The van der Waals surface area contributed by atoms with Crippen molar-refractivity contribution < 1.29 is 4.42 Å². The van der Waals surface area contributed by atoms with Gasteiger partial charge in [-0.25, -0.2) is 0 Å². The number of benzene rings is 3. The molecule has 5 heteroatoms. The Bertz CT molecular complexity index is 1080. The molecule has 0 aliphatic carbocycles. The van der Waals surface area contributed by atoms with Crippen LogP contribution in [0.3, 0.4) is 0 Å². The molecule has 4 rings (SSSR count). The summed E-state index contributed by atoms with van der Waals surface area (Å²) in [6, 6.07) is 26.2. The number of aromatic nitrogens is 2. The lowest BCUT2D eigenvalue weighted by Crippen LogP contribution is -2.26. The average molecular weight is 404 g/mol. The molecule has 0 amide bonds. The lowest BCUT2D eigenvalue weighted by atomic mass is 9.97. The zero-order valence-electron chi connectivity index (χ0n) is 16.3. The number of nitrogens with one attached hydrogen (secondary N) is 1. The molecule has 3 aromatic carbocycles. The molecule has 0 aliphatic rings. The van der Waals surface area contributed by atoms with E-state index >= 15 is 0 Å². The van der Waals surface area contributed by atoms with Crippen molar-refractivity contribution >= 4 is 11.6 Å². The van der Waals surface area contributed by atoms with E-state index in [0.29, 0.717) is 16.8 Å². The average Bonchev–Trinajstić information content (AvgIpc) is 3.24. The van der Waals surface area contributed by atoms with Crippen molar-refractivity contribution in [2.75, 3.05) is 0 Å². The van der Waals surface area contributed by atoms with Crippen LogP contribution in [0.2, 0.25) is 5.02 Å². The number of hydrogen-bond acceptors (Lipinski definition) is 4. The number of halogens is 1. The summed E-state index contributed by atoms with van der Waals surface area (Å²) in [7, 11) is 0. The summed E-state index contributed by atoms with van der Waals surface area (Å²) in [6.45, 7) is 4.12. The smallest absolute Gasteiger partial charge is 0.247 e. The third-order valence-corrected chi connectivity index (χ3v) is 5.08. The Kier molecular flexibility index (Phi) is 5.74. The predicted molar refractivity (Wildman–Crippen MR) is 116 cm³/mol. The zero-order chi connectivity index (χ0) is 20.2. The fraction of sp³-hybridized carbons (Fsp3) is 0.167. The second-order valence-electron chi connectivity index (χ2n) is 7.10. The van der Waals surface area contributed by atoms with Crippen LogP contribution in [-0.4, -0.2) is 10.2 Å². The van der Waals surface area contributed by atoms with Crippen molar-refractivity contribution in [2.45, 2.75) is 25.9 Å². The monoisotopic (exact) mass is 403 g/mol. The molecular formula is C24H22ClN3O. The van der Waals surface area contributed by atoms with Crippen LogP contribution in [0.5, 0.6) is 0 Å². The number of nitrogens with zero attached hydrogens (tertiary/aromatic N) is 2. The Hall–Kier alpha value is -2.95. The summed E-state index contributed by atoms with van der Waals surface area (Å²) in [5, 5.41) is 12.7. The first-order valence-corrected chi connectivity index (χ1v) is 9.95. The molecule has 0 fully saturated rings. The quantitative estimate of drug-likeness (QED) is 0.420. The number of rotatable bonds is 6. The highest BCUT2D eigenvalue weighted by Crippen LogP contribution is 2.28. The zero-order valence-corrected chi connectivity index (χ0v) is 17.1. The normalized spacial score (nSPS) is 13.2. The highest BCUT2D eigenvalue weighted by Gasteiger charge is 2.21. The first kappa shape index (κ1) is 19.4. The van der Waals surface area contributed by atoms with Crippen LogP contribution in [0.4, 0.5) is 0 Å². The molecule has 0 spiro atoms. The summed E-state index contributed by atoms with van der Waals surface area (Å²) in [5.41, 5.74) is 4.40. The SMILES string of the molecule is Cc1ccc([C@@H](N[C@@H](C)c2nnc(-c3cccc(Cl)c3)o2)c2ccccc2)cc1. The van der Waals surface area contributed by atoms with Crippen LogP contribution in [0.1, 0.15) is 41.6 Å². The van der Waals surface area contributed by atoms with E-state index in [1.165, 1.54) is 16.7 Å². The van der Waals surface area contributed by atoms with E-state index in [1.807, 2.05) is 49.4 Å². The maximum Gasteiger partial charge on any atom is 0.247 e. The second kappa shape index (κ2) is 8.60. The minimum absolute atomic E-state index is 0.00770. The summed E-state index contributed by atoms with van der Waals surface area (Å²) in [6.07, 6.45) is 0. The lowest BCUT2D eigenvalue weighted by Gasteiger charge is -2.23. The van der Waals surface area contributed by atoms with Crippen LogP contribution >= 0.6 is 11.6 Å². The summed E-state index contributed by atoms with van der Waals surface area (Å²) >= 11 is 6.08. The van der Waals surface area contributed by atoms with Gasteiger partial charge in [-0.15, -0.1) is 10.2 Å². The molecular weight excluding hydrogens is 382 g/mol. The van der Waals surface area contributed by atoms with Crippen LogP contribution in [0.25, 0.3) is 11.5 Å². The van der Waals surface area contributed by atoms with Gasteiger partial charge in [0.2, 0.25) is 11.8 Å². The molecule has 1 N–H and O–H groups in total. The van der Waals surface area contributed by atoms with E-state index in [0.717, 1.165) is 5.56 Å². The van der Waals surface area contributed by atoms with E-state index in [2.05, 4.69) is 58.8 Å². The van der Waals surface area contributed by atoms with Crippen LogP contribution in [0, 0.1) is 6.92 Å². The summed E-state index contributed by atoms with van der Waals surface area (Å²) in [5.74, 6) is 0.996. The van der Waals surface area contributed by atoms with Crippen molar-refractivity contribution in [1.29, 1.82) is 0 Å². The fourth-order valence-corrected chi connectivity index (χ4v) is 3.45. The summed E-state index contributed by atoms with van der Waals surface area (Å²) in [4.78, 5) is 0. The van der Waals surface area contributed by atoms with Gasteiger partial charge in [0.05, 0.1) is 12.1 Å². The lowest BCUT2D eigenvalue weighted by molar-refractivity contribution is 0.403. The highest BCUT2D eigenvalue weighted by molar-refractivity contribution is 6.30. The Morgan fingerprint density at radius 3 is 2.31 bits per heavy atom. The van der Waals surface area contributed by atoms with Gasteiger partial charge in [-0.1, -0.05) is 77.8 Å². The minimum Gasteiger partial charge on any atom is -0.419 e. The molecule has 0 radical (unpaired) electrons. The Morgan fingerprint density at radius 2 is 1.59 bits per heavy atom. The third kappa shape index (κ3) is 4.56. The van der Waals surface area contributed by atoms with Gasteiger partial charge >= 0.3 is 0 Å². The van der Waals surface area contributed by atoms with E-state index < -0.39 is 0 Å². The van der Waals surface area contributed by atoms with Crippen molar-refractivity contribution in [3.05, 3.63) is 106 Å². The van der Waals surface area contributed by atoms with Crippen molar-refractivity contribution in [3.63, 3.8) is 0 Å². The molecule has 0 saturated carbocycles. The number of aryl methyl sites for hydroxylation is 1. The molecule has 0 bridgehead atoms. The van der Waals surface area contributed by atoms with Crippen molar-refractivity contribution in [2.24, 2.45) is 0 Å². The predicted octanol–water partition coefficient (Wildman–Crippen LogP) is 6.14. The molecule has 0 aliphatic heterocycles.